The average Bonchev–Trinajstić information content (AvgIpc) is 3.59. The number of aryl methyl sites for hydroxylation is 2. The Bertz CT molecular complexity index is 1310. The van der Waals surface area contributed by atoms with Crippen LogP contribution in [-0.4, -0.2) is 51.8 Å². The zero-order valence-electron chi connectivity index (χ0n) is 25.0. The monoisotopic (exact) mass is 561 g/mol. The van der Waals surface area contributed by atoms with Crippen LogP contribution in [-0.2, 0) is 23.1 Å². The number of nitrogens with two attached hydrogens (primary N) is 1. The summed E-state index contributed by atoms with van der Waals surface area (Å²) < 4.78 is 1.66. The standard InChI is InChI=1S/C22H27N3O2.C8H15N.C2H2.CH3NO/c1-3-18(26)8-6-4-5-7-9-21-23-15-19(24-21)16-10-12-20-17(14-16)11-13-22(27)25(20)2;1-9-6-4-8(2-3-8)5-7-9;1-2;2-1-3/h10-15H,3-9H2,1-2H3,(H,23,24);2-7H2,1H3;1-2H;1H,(H2,2,3). The number of pyridine rings is 1. The van der Waals surface area contributed by atoms with Crippen molar-refractivity contribution in [1.29, 1.82) is 0 Å². The summed E-state index contributed by atoms with van der Waals surface area (Å²) in [7, 11) is 4.02. The molecule has 1 aliphatic carbocycles. The summed E-state index contributed by atoms with van der Waals surface area (Å²) in [5.41, 5.74) is 8.02. The fourth-order valence-corrected chi connectivity index (χ4v) is 5.10. The van der Waals surface area contributed by atoms with Gasteiger partial charge < -0.3 is 20.2 Å². The van der Waals surface area contributed by atoms with Gasteiger partial charge in [0.25, 0.3) is 5.56 Å². The first-order valence-corrected chi connectivity index (χ1v) is 14.6. The van der Waals surface area contributed by atoms with Gasteiger partial charge in [0, 0.05) is 37.9 Å². The zero-order chi connectivity index (χ0) is 30.3. The molecule has 1 saturated heterocycles. The number of primary amides is 1. The van der Waals surface area contributed by atoms with Gasteiger partial charge in [-0.1, -0.05) is 25.8 Å². The first kappa shape index (κ1) is 33.5. The van der Waals surface area contributed by atoms with Crippen molar-refractivity contribution >= 4 is 23.1 Å². The number of aromatic nitrogens is 3. The minimum Gasteiger partial charge on any atom is -0.372 e. The third-order valence-corrected chi connectivity index (χ3v) is 8.08. The number of benzene rings is 1. The molecule has 2 aliphatic rings. The van der Waals surface area contributed by atoms with E-state index < -0.39 is 0 Å². The number of H-pyrrole nitrogens is 1. The molecule has 0 atom stereocenters. The highest BCUT2D eigenvalue weighted by molar-refractivity contribution is 5.84. The smallest absolute Gasteiger partial charge is 0.250 e. The molecule has 1 saturated carbocycles. The van der Waals surface area contributed by atoms with Crippen LogP contribution in [0.4, 0.5) is 0 Å². The van der Waals surface area contributed by atoms with Crippen molar-refractivity contribution < 1.29 is 9.59 Å². The predicted octanol–water partition coefficient (Wildman–Crippen LogP) is 5.24. The number of terminal acetylenes is 1. The van der Waals surface area contributed by atoms with E-state index in [1.54, 1.807) is 17.7 Å². The molecule has 1 amide bonds. The van der Waals surface area contributed by atoms with Gasteiger partial charge in [0.2, 0.25) is 6.41 Å². The number of piperidine rings is 1. The summed E-state index contributed by atoms with van der Waals surface area (Å²) in [4.78, 5) is 42.0. The SMILES string of the molecule is C#C.CCC(=O)CCCCCCc1ncc(-c2ccc3c(ccc(=O)n3C)c2)[nH]1.CN1CCC2(CC1)CC2.NC=O. The summed E-state index contributed by atoms with van der Waals surface area (Å²) in [6, 6.07) is 9.53. The normalized spacial score (nSPS) is 15.0. The van der Waals surface area contributed by atoms with E-state index in [4.69, 9.17) is 4.79 Å². The third-order valence-electron chi connectivity index (χ3n) is 8.08. The zero-order valence-corrected chi connectivity index (χ0v) is 25.0. The molecule has 5 rings (SSSR count). The Kier molecular flexibility index (Phi) is 14.0. The molecule has 0 radical (unpaired) electrons. The summed E-state index contributed by atoms with van der Waals surface area (Å²) in [6.07, 6.45) is 22.7. The first-order chi connectivity index (χ1) is 19.8. The molecule has 1 spiro atoms. The molecule has 0 unspecified atom stereocenters. The lowest BCUT2D eigenvalue weighted by Crippen LogP contribution is -2.30. The van der Waals surface area contributed by atoms with Crippen LogP contribution in [0.3, 0.4) is 0 Å². The highest BCUT2D eigenvalue weighted by atomic mass is 16.1. The predicted molar refractivity (Wildman–Crippen MR) is 167 cm³/mol. The number of unbranched alkanes of at least 4 members (excludes halogenated alkanes) is 3. The number of aromatic amines is 1. The number of ketones is 1. The Labute approximate surface area is 244 Å². The molecule has 1 aliphatic heterocycles. The molecule has 1 aromatic carbocycles. The topological polar surface area (TPSA) is 114 Å². The second-order valence-corrected chi connectivity index (χ2v) is 11.0. The summed E-state index contributed by atoms with van der Waals surface area (Å²) in [5, 5.41) is 1.03. The van der Waals surface area contributed by atoms with E-state index in [-0.39, 0.29) is 12.0 Å². The summed E-state index contributed by atoms with van der Waals surface area (Å²) >= 11 is 0. The fourth-order valence-electron chi connectivity index (χ4n) is 5.10. The van der Waals surface area contributed by atoms with Gasteiger partial charge in [-0.2, -0.15) is 0 Å². The van der Waals surface area contributed by atoms with Crippen LogP contribution >= 0.6 is 0 Å². The Hall–Kier alpha value is -3.70. The summed E-state index contributed by atoms with van der Waals surface area (Å²) in [5.74, 6) is 1.36. The van der Waals surface area contributed by atoms with Gasteiger partial charge in [0.1, 0.15) is 11.6 Å². The third kappa shape index (κ3) is 10.7. The van der Waals surface area contributed by atoms with Crippen molar-refractivity contribution in [3.8, 4) is 24.1 Å². The number of nitrogens with one attached hydrogen (secondary N) is 1. The van der Waals surface area contributed by atoms with Crippen molar-refractivity contribution in [2.45, 2.75) is 77.6 Å². The van der Waals surface area contributed by atoms with Gasteiger partial charge in [0.15, 0.2) is 0 Å². The molecule has 2 aromatic heterocycles. The van der Waals surface area contributed by atoms with E-state index in [1.807, 2.05) is 31.3 Å². The first-order valence-electron chi connectivity index (χ1n) is 14.6. The number of nitrogens with zero attached hydrogens (tertiary/aromatic N) is 3. The van der Waals surface area contributed by atoms with Gasteiger partial charge in [-0.15, -0.1) is 12.8 Å². The van der Waals surface area contributed by atoms with E-state index in [0.29, 0.717) is 12.2 Å². The quantitative estimate of drug-likeness (QED) is 0.211. The number of carbonyl (C=O) groups excluding carboxylic acids is 2. The molecule has 2 fully saturated rings. The molecule has 8 heteroatoms. The number of hydrogen-bond acceptors (Lipinski definition) is 5. The minimum absolute atomic E-state index is 0.00173. The number of carbonyl (C=O) groups is 2. The van der Waals surface area contributed by atoms with Gasteiger partial charge >= 0.3 is 0 Å². The molecule has 8 nitrogen and oxygen atoms in total. The van der Waals surface area contributed by atoms with Crippen LogP contribution in [0.5, 0.6) is 0 Å². The van der Waals surface area contributed by atoms with E-state index in [9.17, 15) is 9.59 Å². The molecule has 3 aromatic rings. The lowest BCUT2D eigenvalue weighted by Gasteiger charge is -2.28. The molecular formula is C33H47N5O3. The van der Waals surface area contributed by atoms with Crippen molar-refractivity contribution in [3.05, 3.63) is 52.7 Å². The van der Waals surface area contributed by atoms with Crippen LogP contribution in [0.25, 0.3) is 22.2 Å². The van der Waals surface area contributed by atoms with Crippen LogP contribution in [0.15, 0.2) is 41.3 Å². The molecule has 0 bridgehead atoms. The molecule has 3 heterocycles. The number of hydrogen-bond donors (Lipinski definition) is 2. The van der Waals surface area contributed by atoms with Crippen molar-refractivity contribution in [1.82, 2.24) is 19.4 Å². The molecule has 222 valence electrons. The van der Waals surface area contributed by atoms with E-state index in [1.165, 1.54) is 38.8 Å². The second-order valence-electron chi connectivity index (χ2n) is 11.0. The van der Waals surface area contributed by atoms with Gasteiger partial charge in [0.05, 0.1) is 17.4 Å². The maximum atomic E-state index is 11.7. The molecule has 41 heavy (non-hydrogen) atoms. The highest BCUT2D eigenvalue weighted by Gasteiger charge is 2.43. The maximum Gasteiger partial charge on any atom is 0.250 e. The van der Waals surface area contributed by atoms with E-state index in [2.05, 4.69) is 46.6 Å². The lowest BCUT2D eigenvalue weighted by atomic mass is 9.94. The fraction of sp³-hybridized carbons (Fsp3) is 0.515. The van der Waals surface area contributed by atoms with Crippen LogP contribution in [0, 0.1) is 18.3 Å². The van der Waals surface area contributed by atoms with E-state index in [0.717, 1.165) is 71.9 Å². The number of likely N-dealkylation sites (tertiary alicyclic amines) is 1. The second kappa shape index (κ2) is 17.2. The van der Waals surface area contributed by atoms with Gasteiger partial charge in [-0.3, -0.25) is 14.4 Å². The Morgan fingerprint density at radius 2 is 1.71 bits per heavy atom. The molecular weight excluding hydrogens is 514 g/mol. The van der Waals surface area contributed by atoms with Crippen LogP contribution in [0.2, 0.25) is 0 Å². The average molecular weight is 562 g/mol. The number of amides is 1. The van der Waals surface area contributed by atoms with Gasteiger partial charge in [-0.05, 0) is 87.7 Å². The summed E-state index contributed by atoms with van der Waals surface area (Å²) in [6.45, 7) is 4.62. The minimum atomic E-state index is -0.00173. The number of fused-ring (bicyclic) bond motifs is 1. The van der Waals surface area contributed by atoms with Crippen molar-refractivity contribution in [2.24, 2.45) is 18.2 Å². The molecule has 3 N–H and O–H groups in total. The Morgan fingerprint density at radius 3 is 2.34 bits per heavy atom. The van der Waals surface area contributed by atoms with E-state index >= 15 is 0 Å². The number of Topliss-reactive ketones (excluding diaryl/α,β-unsaturated/α-hetero) is 1. The van der Waals surface area contributed by atoms with Crippen LogP contribution in [0.1, 0.15) is 77.0 Å². The number of rotatable bonds is 9. The largest absolute Gasteiger partial charge is 0.372 e. The van der Waals surface area contributed by atoms with Gasteiger partial charge in [-0.25, -0.2) is 4.98 Å². The maximum absolute atomic E-state index is 11.7. The van der Waals surface area contributed by atoms with Crippen molar-refractivity contribution in [2.75, 3.05) is 20.1 Å². The lowest BCUT2D eigenvalue weighted by molar-refractivity contribution is -0.118. The Balaban J connectivity index is 0.000000345. The Morgan fingerprint density at radius 1 is 1.05 bits per heavy atom. The van der Waals surface area contributed by atoms with Crippen LogP contribution < -0.4 is 11.3 Å². The van der Waals surface area contributed by atoms with Crippen molar-refractivity contribution in [3.63, 3.8) is 0 Å². The highest BCUT2D eigenvalue weighted by Crippen LogP contribution is 2.53. The number of imidazole rings is 1.